The topological polar surface area (TPSA) is 76.3 Å². The van der Waals surface area contributed by atoms with Crippen molar-refractivity contribution >= 4 is 17.3 Å². The molecule has 0 saturated heterocycles. The first-order valence-corrected chi connectivity index (χ1v) is 10.2. The highest BCUT2D eigenvalue weighted by molar-refractivity contribution is 6.03. The minimum atomic E-state index is -0.273. The number of para-hydroxylation sites is 1. The third-order valence-electron chi connectivity index (χ3n) is 5.17. The van der Waals surface area contributed by atoms with Crippen molar-refractivity contribution in [1.29, 1.82) is 0 Å². The first-order chi connectivity index (χ1) is 15.2. The molecule has 0 aliphatic carbocycles. The predicted molar refractivity (Wildman–Crippen MR) is 119 cm³/mol. The molecule has 3 aromatic rings. The van der Waals surface area contributed by atoms with Gasteiger partial charge in [-0.1, -0.05) is 18.2 Å². The molecule has 1 aromatic heterocycles. The van der Waals surface area contributed by atoms with Crippen molar-refractivity contribution in [2.45, 2.75) is 19.4 Å². The van der Waals surface area contributed by atoms with E-state index in [1.165, 1.54) is 6.26 Å². The van der Waals surface area contributed by atoms with Crippen LogP contribution < -0.4 is 14.8 Å². The number of rotatable bonds is 7. The first kappa shape index (κ1) is 20.5. The number of hydrogen-bond acceptors (Lipinski definition) is 6. The Labute approximate surface area is 181 Å². The lowest BCUT2D eigenvalue weighted by molar-refractivity contribution is 0.0996. The van der Waals surface area contributed by atoms with Crippen LogP contribution in [0, 0.1) is 0 Å². The van der Waals surface area contributed by atoms with Crippen LogP contribution in [0.1, 0.15) is 34.5 Å². The van der Waals surface area contributed by atoms with Gasteiger partial charge in [0.05, 0.1) is 32.7 Å². The van der Waals surface area contributed by atoms with Crippen LogP contribution >= 0.6 is 0 Å². The van der Waals surface area contributed by atoms with E-state index in [4.69, 9.17) is 19.0 Å². The second-order valence-corrected chi connectivity index (χ2v) is 7.20. The third-order valence-corrected chi connectivity index (χ3v) is 5.17. The summed E-state index contributed by atoms with van der Waals surface area (Å²) in [6.45, 7) is 1.43. The second-order valence-electron chi connectivity index (χ2n) is 7.20. The van der Waals surface area contributed by atoms with Crippen molar-refractivity contribution in [2.24, 2.45) is 5.10 Å². The number of methoxy groups -OCH3 is 2. The highest BCUT2D eigenvalue weighted by atomic mass is 16.5. The predicted octanol–water partition coefficient (Wildman–Crippen LogP) is 4.55. The first-order valence-electron chi connectivity index (χ1n) is 10.2. The summed E-state index contributed by atoms with van der Waals surface area (Å²) in [6, 6.07) is 16.9. The Kier molecular flexibility index (Phi) is 6.21. The number of anilines is 1. The van der Waals surface area contributed by atoms with Gasteiger partial charge in [0.15, 0.2) is 17.3 Å². The molecule has 1 aliphatic rings. The summed E-state index contributed by atoms with van der Waals surface area (Å²) in [7, 11) is 3.25. The molecule has 160 valence electrons. The molecule has 1 N–H and O–H groups in total. The van der Waals surface area contributed by atoms with Gasteiger partial charge >= 0.3 is 0 Å². The Bertz CT molecular complexity index is 1080. The number of nitrogens with zero attached hydrogens (tertiary/aromatic N) is 2. The van der Waals surface area contributed by atoms with Crippen LogP contribution in [0.25, 0.3) is 0 Å². The molecule has 0 fully saturated rings. The molecule has 1 amide bonds. The molecule has 4 rings (SSSR count). The molecule has 0 unspecified atom stereocenters. The number of ether oxygens (including phenoxy) is 2. The van der Waals surface area contributed by atoms with Crippen molar-refractivity contribution in [1.82, 2.24) is 5.01 Å². The molecule has 0 saturated carbocycles. The van der Waals surface area contributed by atoms with Crippen LogP contribution in [0.4, 0.5) is 5.69 Å². The van der Waals surface area contributed by atoms with Gasteiger partial charge in [0.25, 0.3) is 5.91 Å². The van der Waals surface area contributed by atoms with E-state index >= 15 is 0 Å². The highest BCUT2D eigenvalue weighted by Gasteiger charge is 2.18. The summed E-state index contributed by atoms with van der Waals surface area (Å²) in [4.78, 5) is 12.4. The zero-order chi connectivity index (χ0) is 21.6. The summed E-state index contributed by atoms with van der Waals surface area (Å²) in [5.74, 6) is 1.39. The quantitative estimate of drug-likeness (QED) is 0.608. The molecule has 7 nitrogen and oxygen atoms in total. The molecule has 1 aliphatic heterocycles. The van der Waals surface area contributed by atoms with Gasteiger partial charge in [-0.05, 0) is 54.8 Å². The van der Waals surface area contributed by atoms with Crippen LogP contribution in [0.5, 0.6) is 11.5 Å². The minimum Gasteiger partial charge on any atom is -0.493 e. The van der Waals surface area contributed by atoms with E-state index in [2.05, 4.69) is 5.32 Å². The fourth-order valence-corrected chi connectivity index (χ4v) is 3.60. The number of hydrazone groups is 1. The standard InChI is InChI=1S/C24H25N3O4/c1-29-21-12-11-17(15-23(21)30-2)20-9-5-13-27(26-20)16-18-7-3-4-8-19(18)25-24(28)22-10-6-14-31-22/h3-4,6-8,10-12,14-15H,5,9,13,16H2,1-2H3,(H,25,28). The molecule has 0 spiro atoms. The molecule has 0 bridgehead atoms. The maximum absolute atomic E-state index is 12.4. The maximum Gasteiger partial charge on any atom is 0.291 e. The zero-order valence-corrected chi connectivity index (χ0v) is 17.6. The summed E-state index contributed by atoms with van der Waals surface area (Å²) in [5, 5.41) is 9.84. The molecule has 0 atom stereocenters. The number of carbonyl (C=O) groups is 1. The van der Waals surface area contributed by atoms with E-state index in [-0.39, 0.29) is 11.7 Å². The van der Waals surface area contributed by atoms with Crippen LogP contribution in [-0.2, 0) is 6.54 Å². The van der Waals surface area contributed by atoms with Crippen molar-refractivity contribution in [3.05, 3.63) is 77.7 Å². The summed E-state index contributed by atoms with van der Waals surface area (Å²) in [5.41, 5.74) is 3.75. The van der Waals surface area contributed by atoms with Gasteiger partial charge in [-0.25, -0.2) is 0 Å². The lowest BCUT2D eigenvalue weighted by atomic mass is 10.0. The number of carbonyl (C=O) groups excluding carboxylic acids is 1. The Balaban J connectivity index is 1.53. The lowest BCUT2D eigenvalue weighted by Crippen LogP contribution is -2.26. The summed E-state index contributed by atoms with van der Waals surface area (Å²) < 4.78 is 16.0. The zero-order valence-electron chi connectivity index (χ0n) is 17.6. The fourth-order valence-electron chi connectivity index (χ4n) is 3.60. The average Bonchev–Trinajstić information content (AvgIpc) is 3.35. The Hall–Kier alpha value is -3.74. The van der Waals surface area contributed by atoms with Gasteiger partial charge in [0, 0.05) is 17.8 Å². The molecule has 0 radical (unpaired) electrons. The highest BCUT2D eigenvalue weighted by Crippen LogP contribution is 2.29. The fraction of sp³-hybridized carbons (Fsp3) is 0.250. The van der Waals surface area contributed by atoms with Crippen molar-refractivity contribution < 1.29 is 18.7 Å². The lowest BCUT2D eigenvalue weighted by Gasteiger charge is -2.26. The van der Waals surface area contributed by atoms with Gasteiger partial charge in [-0.2, -0.15) is 5.10 Å². The van der Waals surface area contributed by atoms with Crippen LogP contribution in [-0.4, -0.2) is 37.4 Å². The van der Waals surface area contributed by atoms with Crippen LogP contribution in [0.2, 0.25) is 0 Å². The van der Waals surface area contributed by atoms with Gasteiger partial charge in [-0.3, -0.25) is 9.80 Å². The van der Waals surface area contributed by atoms with E-state index in [1.54, 1.807) is 26.4 Å². The molecule has 7 heteroatoms. The monoisotopic (exact) mass is 419 g/mol. The van der Waals surface area contributed by atoms with Crippen LogP contribution in [0.3, 0.4) is 0 Å². The number of benzene rings is 2. The average molecular weight is 419 g/mol. The van der Waals surface area contributed by atoms with E-state index in [0.29, 0.717) is 18.0 Å². The van der Waals surface area contributed by atoms with Crippen molar-refractivity contribution in [3.8, 4) is 11.5 Å². The van der Waals surface area contributed by atoms with Crippen molar-refractivity contribution in [3.63, 3.8) is 0 Å². The number of nitrogens with one attached hydrogen (secondary N) is 1. The molecule has 2 heterocycles. The van der Waals surface area contributed by atoms with E-state index in [0.717, 1.165) is 41.9 Å². The normalized spacial score (nSPS) is 13.5. The second kappa shape index (κ2) is 9.38. The maximum atomic E-state index is 12.4. The molecule has 2 aromatic carbocycles. The largest absolute Gasteiger partial charge is 0.493 e. The number of furan rings is 1. The number of amides is 1. The van der Waals surface area contributed by atoms with Gasteiger partial charge in [0.1, 0.15) is 0 Å². The van der Waals surface area contributed by atoms with Crippen molar-refractivity contribution in [2.75, 3.05) is 26.1 Å². The minimum absolute atomic E-state index is 0.273. The van der Waals surface area contributed by atoms with E-state index in [1.807, 2.05) is 47.5 Å². The third kappa shape index (κ3) is 4.71. The van der Waals surface area contributed by atoms with Gasteiger partial charge in [0.2, 0.25) is 0 Å². The summed E-state index contributed by atoms with van der Waals surface area (Å²) in [6.07, 6.45) is 3.37. The van der Waals surface area contributed by atoms with Gasteiger partial charge < -0.3 is 19.2 Å². The number of hydrogen-bond donors (Lipinski definition) is 1. The Morgan fingerprint density at radius 2 is 1.94 bits per heavy atom. The Morgan fingerprint density at radius 1 is 1.10 bits per heavy atom. The summed E-state index contributed by atoms with van der Waals surface area (Å²) >= 11 is 0. The van der Waals surface area contributed by atoms with E-state index in [9.17, 15) is 4.79 Å². The molecular formula is C24H25N3O4. The Morgan fingerprint density at radius 3 is 2.71 bits per heavy atom. The molecule has 31 heavy (non-hydrogen) atoms. The SMILES string of the molecule is COc1ccc(C2=NN(Cc3ccccc3NC(=O)c3ccco3)CCC2)cc1OC. The van der Waals surface area contributed by atoms with Crippen LogP contribution in [0.15, 0.2) is 70.4 Å². The smallest absolute Gasteiger partial charge is 0.291 e. The van der Waals surface area contributed by atoms with E-state index < -0.39 is 0 Å². The van der Waals surface area contributed by atoms with Gasteiger partial charge in [-0.15, -0.1) is 0 Å². The molecular weight excluding hydrogens is 394 g/mol.